The molecule has 2 aromatic heterocycles. The molecule has 0 saturated carbocycles. The number of nitrogens with one attached hydrogen (secondary N) is 1. The number of benzene rings is 2. The van der Waals surface area contributed by atoms with Gasteiger partial charge >= 0.3 is 5.69 Å². The lowest BCUT2D eigenvalue weighted by molar-refractivity contribution is 0.298. The number of aromatic nitrogens is 3. The lowest BCUT2D eigenvalue weighted by Crippen LogP contribution is -2.18. The van der Waals surface area contributed by atoms with Gasteiger partial charge < -0.3 is 15.5 Å². The molecule has 5 rings (SSSR count). The summed E-state index contributed by atoms with van der Waals surface area (Å²) in [6.45, 7) is 6.56. The maximum Gasteiger partial charge on any atom is 0.326 e. The lowest BCUT2D eigenvalue weighted by Gasteiger charge is -2.14. The van der Waals surface area contributed by atoms with Crippen molar-refractivity contribution in [2.24, 2.45) is 0 Å². The van der Waals surface area contributed by atoms with E-state index in [0.29, 0.717) is 30.1 Å². The number of imidazole rings is 1. The maximum absolute atomic E-state index is 12.7. The Hall–Kier alpha value is -3.58. The Bertz CT molecular complexity index is 1330. The molecule has 35 heavy (non-hydrogen) atoms. The van der Waals surface area contributed by atoms with E-state index in [1.807, 2.05) is 0 Å². The van der Waals surface area contributed by atoms with Gasteiger partial charge in [-0.05, 0) is 54.6 Å². The second-order valence-corrected chi connectivity index (χ2v) is 9.34. The Labute approximate surface area is 205 Å². The van der Waals surface area contributed by atoms with Crippen LogP contribution in [0.2, 0.25) is 0 Å². The fraction of sp³-hybridized carbons (Fsp3) is 0.357. The molecule has 0 radical (unpaired) electrons. The zero-order valence-electron chi connectivity index (χ0n) is 20.3. The van der Waals surface area contributed by atoms with Gasteiger partial charge in [-0.1, -0.05) is 61.9 Å². The van der Waals surface area contributed by atoms with Gasteiger partial charge in [-0.25, -0.2) is 4.79 Å². The van der Waals surface area contributed by atoms with E-state index < -0.39 is 0 Å². The number of nitrogens with zero attached hydrogens (tertiary/aromatic N) is 3. The summed E-state index contributed by atoms with van der Waals surface area (Å²) in [4.78, 5) is 22.3. The van der Waals surface area contributed by atoms with Crippen LogP contribution >= 0.6 is 0 Å². The highest BCUT2D eigenvalue weighted by molar-refractivity contribution is 5.85. The monoisotopic (exact) mass is 471 g/mol. The Kier molecular flexibility index (Phi) is 6.86. The number of fused-ring (bicyclic) bond motifs is 1. The molecule has 3 N–H and O–H groups in total. The first-order valence-corrected chi connectivity index (χ1v) is 12.5. The van der Waals surface area contributed by atoms with Crippen molar-refractivity contribution in [3.63, 3.8) is 0 Å². The highest BCUT2D eigenvalue weighted by Gasteiger charge is 2.14. The molecule has 1 aliphatic rings. The zero-order chi connectivity index (χ0) is 24.2. The van der Waals surface area contributed by atoms with Crippen molar-refractivity contribution in [1.29, 1.82) is 0 Å². The van der Waals surface area contributed by atoms with Crippen molar-refractivity contribution in [1.82, 2.24) is 19.4 Å². The molecule has 1 fully saturated rings. The van der Waals surface area contributed by atoms with Crippen LogP contribution in [0.4, 0.5) is 5.82 Å². The molecule has 0 unspecified atom stereocenters. The van der Waals surface area contributed by atoms with Gasteiger partial charge in [-0.3, -0.25) is 9.47 Å². The summed E-state index contributed by atoms with van der Waals surface area (Å²) >= 11 is 0. The molecule has 4 aromatic rings. The molecule has 0 aliphatic carbocycles. The molecule has 0 spiro atoms. The molecule has 1 aliphatic heterocycles. The minimum absolute atomic E-state index is 0.211. The third kappa shape index (κ3) is 5.25. The van der Waals surface area contributed by atoms with Crippen molar-refractivity contribution >= 4 is 16.9 Å². The van der Waals surface area contributed by atoms with Crippen LogP contribution < -0.4 is 16.2 Å². The third-order valence-corrected chi connectivity index (χ3v) is 6.71. The molecule has 0 amide bonds. The molecule has 0 bridgehead atoms. The van der Waals surface area contributed by atoms with Gasteiger partial charge in [0.05, 0.1) is 18.7 Å². The Morgan fingerprint density at radius 1 is 0.971 bits per heavy atom. The van der Waals surface area contributed by atoms with Crippen LogP contribution in [0, 0.1) is 0 Å². The average molecular weight is 472 g/mol. The van der Waals surface area contributed by atoms with Gasteiger partial charge in [0.1, 0.15) is 5.52 Å². The van der Waals surface area contributed by atoms with Gasteiger partial charge in [-0.2, -0.15) is 4.98 Å². The normalized spacial score (nSPS) is 14.1. The number of nitrogen functional groups attached to an aromatic ring is 1. The summed E-state index contributed by atoms with van der Waals surface area (Å²) in [5, 5.41) is 0. The summed E-state index contributed by atoms with van der Waals surface area (Å²) in [7, 11) is 0. The number of H-pyrrole nitrogens is 1. The highest BCUT2D eigenvalue weighted by Crippen LogP contribution is 2.24. The lowest BCUT2D eigenvalue weighted by atomic mass is 10.0. The zero-order valence-corrected chi connectivity index (χ0v) is 20.3. The van der Waals surface area contributed by atoms with Crippen LogP contribution in [0.1, 0.15) is 43.7 Å². The van der Waals surface area contributed by atoms with Crippen molar-refractivity contribution in [3.8, 4) is 17.0 Å². The number of hydrogen-bond donors (Lipinski definition) is 2. The number of hydrogen-bond acceptors (Lipinski definition) is 5. The van der Waals surface area contributed by atoms with Gasteiger partial charge in [-0.15, -0.1) is 0 Å². The predicted molar refractivity (Wildman–Crippen MR) is 141 cm³/mol. The van der Waals surface area contributed by atoms with Gasteiger partial charge in [0, 0.05) is 12.6 Å². The summed E-state index contributed by atoms with van der Waals surface area (Å²) in [6.07, 6.45) is 4.60. The molecule has 7 heteroatoms. The van der Waals surface area contributed by atoms with Crippen LogP contribution in [0.25, 0.3) is 22.2 Å². The Morgan fingerprint density at radius 3 is 2.23 bits per heavy atom. The first-order chi connectivity index (χ1) is 17.1. The summed E-state index contributed by atoms with van der Waals surface area (Å²) in [5.74, 6) is 0.716. The fourth-order valence-electron chi connectivity index (χ4n) is 4.69. The van der Waals surface area contributed by atoms with E-state index >= 15 is 0 Å². The smallest absolute Gasteiger partial charge is 0.326 e. The highest BCUT2D eigenvalue weighted by atomic mass is 16.5. The maximum atomic E-state index is 12.7. The third-order valence-electron chi connectivity index (χ3n) is 6.71. The first kappa shape index (κ1) is 23.2. The number of unbranched alkanes of at least 4 members (excludes halogenated alkanes) is 1. The minimum atomic E-state index is -0.211. The van der Waals surface area contributed by atoms with Crippen LogP contribution in [0.3, 0.4) is 0 Å². The largest absolute Gasteiger partial charge is 0.478 e. The molecular formula is C28H33N5O2. The van der Waals surface area contributed by atoms with Gasteiger partial charge in [0.15, 0.2) is 5.82 Å². The number of likely N-dealkylation sites (tertiary alicyclic amines) is 1. The Balaban J connectivity index is 1.32. The number of aromatic amines is 1. The Morgan fingerprint density at radius 2 is 1.60 bits per heavy atom. The van der Waals surface area contributed by atoms with E-state index in [4.69, 9.17) is 10.5 Å². The van der Waals surface area contributed by atoms with Crippen LogP contribution in [0.5, 0.6) is 5.88 Å². The molecule has 7 nitrogen and oxygen atoms in total. The molecule has 0 atom stereocenters. The molecular weight excluding hydrogens is 438 g/mol. The number of anilines is 1. The van der Waals surface area contributed by atoms with E-state index in [2.05, 4.69) is 70.3 Å². The minimum Gasteiger partial charge on any atom is -0.478 e. The summed E-state index contributed by atoms with van der Waals surface area (Å²) in [6, 6.07) is 19.0. The second-order valence-electron chi connectivity index (χ2n) is 9.34. The van der Waals surface area contributed by atoms with Crippen molar-refractivity contribution in [3.05, 3.63) is 76.2 Å². The predicted octanol–water partition coefficient (Wildman–Crippen LogP) is 4.80. The SMILES string of the molecule is CCCCOc1cc2c([nH]c(=O)n2Cc2ccc(-c3ccc(CN4CCCC4)cc3)cc2)c(N)n1. The molecule has 182 valence electrons. The number of rotatable bonds is 9. The standard InChI is InChI=1S/C28H33N5O2/c1-2-3-16-35-25-17-24-26(27(29)30-25)31-28(34)33(24)19-21-8-12-23(13-9-21)22-10-6-20(7-11-22)18-32-14-4-5-15-32/h6-13,17H,2-5,14-16,18-19H2,1H3,(H2,29,30)(H,31,34). The van der Waals surface area contributed by atoms with E-state index in [9.17, 15) is 4.79 Å². The van der Waals surface area contributed by atoms with Crippen LogP contribution in [-0.4, -0.2) is 39.1 Å². The van der Waals surface area contributed by atoms with Gasteiger partial charge in [0.25, 0.3) is 0 Å². The van der Waals surface area contributed by atoms with E-state index in [1.54, 1.807) is 10.6 Å². The second kappa shape index (κ2) is 10.4. The topological polar surface area (TPSA) is 89.2 Å². The molecule has 1 saturated heterocycles. The average Bonchev–Trinajstić information content (AvgIpc) is 3.49. The summed E-state index contributed by atoms with van der Waals surface area (Å²) < 4.78 is 7.42. The van der Waals surface area contributed by atoms with Gasteiger partial charge in [0.2, 0.25) is 5.88 Å². The van der Waals surface area contributed by atoms with Crippen molar-refractivity contribution < 1.29 is 4.74 Å². The van der Waals surface area contributed by atoms with Crippen LogP contribution in [0.15, 0.2) is 59.4 Å². The summed E-state index contributed by atoms with van der Waals surface area (Å²) in [5.41, 5.74) is 11.9. The fourth-order valence-corrected chi connectivity index (χ4v) is 4.69. The first-order valence-electron chi connectivity index (χ1n) is 12.5. The van der Waals surface area contributed by atoms with Crippen LogP contribution in [-0.2, 0) is 13.1 Å². The number of pyridine rings is 1. The molecule has 2 aromatic carbocycles. The molecule has 3 heterocycles. The van der Waals surface area contributed by atoms with Crippen molar-refractivity contribution in [2.75, 3.05) is 25.4 Å². The van der Waals surface area contributed by atoms with Crippen molar-refractivity contribution in [2.45, 2.75) is 45.7 Å². The quantitative estimate of drug-likeness (QED) is 0.343. The van der Waals surface area contributed by atoms with E-state index in [0.717, 1.165) is 30.5 Å². The van der Waals surface area contributed by atoms with E-state index in [1.165, 1.54) is 37.1 Å². The van der Waals surface area contributed by atoms with E-state index in [-0.39, 0.29) is 11.5 Å². The number of nitrogens with two attached hydrogens (primary N) is 1. The number of ether oxygens (including phenoxy) is 1.